The first kappa shape index (κ1) is 19.2. The molecule has 1 aliphatic heterocycles. The number of anilines is 2. The maximum absolute atomic E-state index is 12.9. The Morgan fingerprint density at radius 2 is 1.60 bits per heavy atom. The largest absolute Gasteiger partial charge is 0.462 e. The van der Waals surface area contributed by atoms with Crippen LogP contribution in [0.5, 0.6) is 11.5 Å². The van der Waals surface area contributed by atoms with Gasteiger partial charge in [-0.05, 0) is 61.5 Å². The summed E-state index contributed by atoms with van der Waals surface area (Å²) >= 11 is 0. The highest BCUT2D eigenvalue weighted by Crippen LogP contribution is 2.32. The first-order valence-electron chi connectivity index (χ1n) is 9.31. The third-order valence-corrected chi connectivity index (χ3v) is 4.59. The maximum Gasteiger partial charge on any atom is 0.338 e. The van der Waals surface area contributed by atoms with Gasteiger partial charge in [0.2, 0.25) is 0 Å². The van der Waals surface area contributed by atoms with Gasteiger partial charge in [-0.3, -0.25) is 9.59 Å². The number of nitrogens with two attached hydrogens (primary N) is 1. The van der Waals surface area contributed by atoms with Gasteiger partial charge in [-0.25, -0.2) is 9.69 Å². The summed E-state index contributed by atoms with van der Waals surface area (Å²) in [4.78, 5) is 38.6. The smallest absolute Gasteiger partial charge is 0.338 e. The predicted octanol–water partition coefficient (Wildman–Crippen LogP) is 4.04. The molecule has 0 spiro atoms. The van der Waals surface area contributed by atoms with Crippen LogP contribution in [0.2, 0.25) is 0 Å². The SMILES string of the molecule is CCOC(=O)c1ccc(N2C(=O)c3ccc(Oc4cccc(N)c4)cc3C2=O)cc1. The molecule has 7 nitrogen and oxygen atoms in total. The van der Waals surface area contributed by atoms with E-state index in [4.69, 9.17) is 15.2 Å². The molecule has 0 saturated heterocycles. The van der Waals surface area contributed by atoms with Crippen molar-refractivity contribution in [3.05, 3.63) is 83.4 Å². The van der Waals surface area contributed by atoms with Gasteiger partial charge in [-0.1, -0.05) is 6.07 Å². The van der Waals surface area contributed by atoms with Crippen molar-refractivity contribution in [2.75, 3.05) is 17.2 Å². The normalized spacial score (nSPS) is 12.6. The molecule has 30 heavy (non-hydrogen) atoms. The van der Waals surface area contributed by atoms with E-state index in [-0.39, 0.29) is 17.7 Å². The highest BCUT2D eigenvalue weighted by molar-refractivity contribution is 6.34. The van der Waals surface area contributed by atoms with Crippen molar-refractivity contribution in [2.45, 2.75) is 6.92 Å². The van der Waals surface area contributed by atoms with Crippen molar-refractivity contribution in [1.29, 1.82) is 0 Å². The van der Waals surface area contributed by atoms with Crippen LogP contribution in [-0.2, 0) is 4.74 Å². The van der Waals surface area contributed by atoms with E-state index in [1.807, 2.05) is 0 Å². The van der Waals surface area contributed by atoms with Crippen LogP contribution < -0.4 is 15.4 Å². The number of benzene rings is 3. The van der Waals surface area contributed by atoms with E-state index < -0.39 is 17.8 Å². The second kappa shape index (κ2) is 7.71. The highest BCUT2D eigenvalue weighted by Gasteiger charge is 2.37. The second-order valence-electron chi connectivity index (χ2n) is 6.60. The summed E-state index contributed by atoms with van der Waals surface area (Å²) in [5.74, 6) is -0.417. The number of fused-ring (bicyclic) bond motifs is 1. The standard InChI is InChI=1S/C23H18N2O5/c1-2-29-23(28)14-6-8-16(9-7-14)25-21(26)19-11-10-18(13-20(19)22(25)27)30-17-5-3-4-15(24)12-17/h3-13H,2,24H2,1H3. The zero-order chi connectivity index (χ0) is 21.3. The lowest BCUT2D eigenvalue weighted by Gasteiger charge is -2.14. The second-order valence-corrected chi connectivity index (χ2v) is 6.60. The number of rotatable bonds is 5. The zero-order valence-corrected chi connectivity index (χ0v) is 16.1. The Hall–Kier alpha value is -4.13. The molecule has 0 fully saturated rings. The fourth-order valence-electron chi connectivity index (χ4n) is 3.19. The number of carbonyl (C=O) groups is 3. The Kier molecular flexibility index (Phi) is 4.93. The number of amides is 2. The van der Waals surface area contributed by atoms with Crippen molar-refractivity contribution < 1.29 is 23.9 Å². The zero-order valence-electron chi connectivity index (χ0n) is 16.1. The van der Waals surface area contributed by atoms with E-state index in [1.165, 1.54) is 30.3 Å². The summed E-state index contributed by atoms with van der Waals surface area (Å²) in [7, 11) is 0. The number of ether oxygens (including phenoxy) is 2. The molecule has 0 atom stereocenters. The molecular weight excluding hydrogens is 384 g/mol. The number of hydrogen-bond acceptors (Lipinski definition) is 6. The molecule has 150 valence electrons. The molecule has 0 aromatic heterocycles. The average molecular weight is 402 g/mol. The molecule has 0 unspecified atom stereocenters. The van der Waals surface area contributed by atoms with Gasteiger partial charge in [0.15, 0.2) is 0 Å². The van der Waals surface area contributed by atoms with Crippen molar-refractivity contribution in [3.63, 3.8) is 0 Å². The molecule has 3 aromatic carbocycles. The molecule has 2 amide bonds. The van der Waals surface area contributed by atoms with Crippen LogP contribution in [0.3, 0.4) is 0 Å². The van der Waals surface area contributed by atoms with Crippen molar-refractivity contribution in [2.24, 2.45) is 0 Å². The number of carbonyl (C=O) groups excluding carboxylic acids is 3. The molecule has 3 aromatic rings. The molecule has 1 aliphatic rings. The van der Waals surface area contributed by atoms with Crippen LogP contribution in [0.4, 0.5) is 11.4 Å². The van der Waals surface area contributed by atoms with E-state index in [1.54, 1.807) is 43.3 Å². The Morgan fingerprint density at radius 3 is 2.30 bits per heavy atom. The number of imide groups is 1. The first-order valence-corrected chi connectivity index (χ1v) is 9.31. The summed E-state index contributed by atoms with van der Waals surface area (Å²) in [5, 5.41) is 0. The maximum atomic E-state index is 12.9. The summed E-state index contributed by atoms with van der Waals surface area (Å²) in [6.45, 7) is 1.98. The van der Waals surface area contributed by atoms with E-state index in [9.17, 15) is 14.4 Å². The predicted molar refractivity (Wildman–Crippen MR) is 111 cm³/mol. The minimum Gasteiger partial charge on any atom is -0.462 e. The van der Waals surface area contributed by atoms with E-state index >= 15 is 0 Å². The van der Waals surface area contributed by atoms with Crippen LogP contribution in [0, 0.1) is 0 Å². The summed E-state index contributed by atoms with van der Waals surface area (Å²) < 4.78 is 10.7. The lowest BCUT2D eigenvalue weighted by Crippen LogP contribution is -2.29. The lowest BCUT2D eigenvalue weighted by molar-refractivity contribution is 0.0526. The van der Waals surface area contributed by atoms with Gasteiger partial charge in [-0.2, -0.15) is 0 Å². The topological polar surface area (TPSA) is 98.9 Å². The summed E-state index contributed by atoms with van der Waals surface area (Å²) in [5.41, 5.74) is 7.55. The number of esters is 1. The van der Waals surface area contributed by atoms with Crippen LogP contribution >= 0.6 is 0 Å². The molecule has 0 radical (unpaired) electrons. The summed E-state index contributed by atoms with van der Waals surface area (Å²) in [6, 6.07) is 17.7. The Bertz CT molecular complexity index is 1150. The van der Waals surface area contributed by atoms with Crippen molar-refractivity contribution in [3.8, 4) is 11.5 Å². The average Bonchev–Trinajstić information content (AvgIpc) is 2.98. The molecule has 0 saturated carbocycles. The summed E-state index contributed by atoms with van der Waals surface area (Å²) in [6.07, 6.45) is 0. The quantitative estimate of drug-likeness (QED) is 0.393. The Balaban J connectivity index is 1.59. The molecular formula is C23H18N2O5. The minimum atomic E-state index is -0.463. The van der Waals surface area contributed by atoms with Crippen LogP contribution in [0.15, 0.2) is 66.7 Å². The number of hydrogen-bond donors (Lipinski definition) is 1. The van der Waals surface area contributed by atoms with Gasteiger partial charge in [0, 0.05) is 11.8 Å². The fourth-order valence-corrected chi connectivity index (χ4v) is 3.19. The van der Waals surface area contributed by atoms with Gasteiger partial charge < -0.3 is 15.2 Å². The monoisotopic (exact) mass is 402 g/mol. The molecule has 7 heteroatoms. The van der Waals surface area contributed by atoms with Crippen molar-refractivity contribution in [1.82, 2.24) is 0 Å². The van der Waals surface area contributed by atoms with Gasteiger partial charge in [-0.15, -0.1) is 0 Å². The first-order chi connectivity index (χ1) is 14.5. The minimum absolute atomic E-state index is 0.246. The van der Waals surface area contributed by atoms with Gasteiger partial charge >= 0.3 is 5.97 Å². The van der Waals surface area contributed by atoms with Gasteiger partial charge in [0.1, 0.15) is 11.5 Å². The van der Waals surface area contributed by atoms with Gasteiger partial charge in [0.05, 0.1) is 29.0 Å². The van der Waals surface area contributed by atoms with Crippen molar-refractivity contribution >= 4 is 29.2 Å². The van der Waals surface area contributed by atoms with E-state index in [0.29, 0.717) is 28.4 Å². The fraction of sp³-hybridized carbons (Fsp3) is 0.0870. The molecule has 0 bridgehead atoms. The molecule has 0 aliphatic carbocycles. The van der Waals surface area contributed by atoms with E-state index in [2.05, 4.69) is 0 Å². The van der Waals surface area contributed by atoms with Gasteiger partial charge in [0.25, 0.3) is 11.8 Å². The van der Waals surface area contributed by atoms with Crippen LogP contribution in [0.25, 0.3) is 0 Å². The third-order valence-electron chi connectivity index (χ3n) is 4.59. The van der Waals surface area contributed by atoms with Crippen LogP contribution in [0.1, 0.15) is 38.0 Å². The highest BCUT2D eigenvalue weighted by atomic mass is 16.5. The number of nitrogen functional groups attached to an aromatic ring is 1. The lowest BCUT2D eigenvalue weighted by atomic mass is 10.1. The molecule has 1 heterocycles. The Labute approximate surface area is 172 Å². The third kappa shape index (κ3) is 3.48. The number of nitrogens with zero attached hydrogens (tertiary/aromatic N) is 1. The molecule has 4 rings (SSSR count). The van der Waals surface area contributed by atoms with Crippen LogP contribution in [-0.4, -0.2) is 24.4 Å². The molecule has 2 N–H and O–H groups in total. The Morgan fingerprint density at radius 1 is 0.900 bits per heavy atom. The van der Waals surface area contributed by atoms with E-state index in [0.717, 1.165) is 4.90 Å².